The van der Waals surface area contributed by atoms with Gasteiger partial charge >= 0.3 is 0 Å². The molecule has 1 aliphatic heterocycles. The summed E-state index contributed by atoms with van der Waals surface area (Å²) in [5.41, 5.74) is 1.24. The van der Waals surface area contributed by atoms with Gasteiger partial charge in [0.05, 0.1) is 19.3 Å². The minimum Gasteiger partial charge on any atom is -0.378 e. The quantitative estimate of drug-likeness (QED) is 0.325. The van der Waals surface area contributed by atoms with Crippen molar-refractivity contribution in [3.05, 3.63) is 35.9 Å². The number of benzene rings is 1. The SMILES string of the molecule is CN=C(NCCCCCOC1CCCCC1)N1CCC(COCc2ccccc2)C1. The van der Waals surface area contributed by atoms with Crippen molar-refractivity contribution in [2.24, 2.45) is 10.9 Å². The van der Waals surface area contributed by atoms with Gasteiger partial charge in [0, 0.05) is 39.2 Å². The van der Waals surface area contributed by atoms with Crippen LogP contribution in [-0.4, -0.2) is 56.9 Å². The van der Waals surface area contributed by atoms with Crippen LogP contribution < -0.4 is 5.32 Å². The number of hydrogen-bond acceptors (Lipinski definition) is 3. The highest BCUT2D eigenvalue weighted by Gasteiger charge is 2.24. The van der Waals surface area contributed by atoms with Crippen LogP contribution in [0.4, 0.5) is 0 Å². The Labute approximate surface area is 183 Å². The Morgan fingerprint density at radius 3 is 2.70 bits per heavy atom. The number of rotatable bonds is 11. The van der Waals surface area contributed by atoms with E-state index in [4.69, 9.17) is 9.47 Å². The van der Waals surface area contributed by atoms with Gasteiger partial charge in [-0.15, -0.1) is 0 Å². The fourth-order valence-corrected chi connectivity index (χ4v) is 4.50. The van der Waals surface area contributed by atoms with Crippen molar-refractivity contribution in [1.82, 2.24) is 10.2 Å². The fourth-order valence-electron chi connectivity index (χ4n) is 4.50. The van der Waals surface area contributed by atoms with Crippen LogP contribution in [0.5, 0.6) is 0 Å². The summed E-state index contributed by atoms with van der Waals surface area (Å²) in [4.78, 5) is 6.87. The number of unbranched alkanes of at least 4 members (excludes halogenated alkanes) is 2. The van der Waals surface area contributed by atoms with E-state index in [2.05, 4.69) is 39.5 Å². The Kier molecular flexibility index (Phi) is 10.5. The molecule has 0 radical (unpaired) electrons. The number of hydrogen-bond donors (Lipinski definition) is 1. The van der Waals surface area contributed by atoms with Crippen LogP contribution in [0, 0.1) is 5.92 Å². The predicted molar refractivity (Wildman–Crippen MR) is 124 cm³/mol. The highest BCUT2D eigenvalue weighted by Crippen LogP contribution is 2.20. The third kappa shape index (κ3) is 8.27. The zero-order chi connectivity index (χ0) is 20.9. The van der Waals surface area contributed by atoms with E-state index in [9.17, 15) is 0 Å². The first-order valence-corrected chi connectivity index (χ1v) is 12.0. The molecule has 1 aromatic carbocycles. The maximum atomic E-state index is 6.02. The average molecular weight is 416 g/mol. The Balaban J connectivity index is 1.21. The fraction of sp³-hybridized carbons (Fsp3) is 0.720. The summed E-state index contributed by atoms with van der Waals surface area (Å²) in [6.45, 7) is 5.54. The summed E-state index contributed by atoms with van der Waals surface area (Å²) in [7, 11) is 1.89. The molecule has 1 aliphatic carbocycles. The molecule has 1 heterocycles. The van der Waals surface area contributed by atoms with E-state index in [-0.39, 0.29) is 0 Å². The molecule has 0 bridgehead atoms. The van der Waals surface area contributed by atoms with Crippen molar-refractivity contribution in [3.8, 4) is 0 Å². The number of ether oxygens (including phenoxy) is 2. The topological polar surface area (TPSA) is 46.1 Å². The number of aliphatic imine (C=N–C) groups is 1. The highest BCUT2D eigenvalue weighted by molar-refractivity contribution is 5.80. The largest absolute Gasteiger partial charge is 0.378 e. The second-order valence-electron chi connectivity index (χ2n) is 8.77. The van der Waals surface area contributed by atoms with Crippen molar-refractivity contribution in [1.29, 1.82) is 0 Å². The molecule has 2 fully saturated rings. The molecule has 5 nitrogen and oxygen atoms in total. The first-order valence-electron chi connectivity index (χ1n) is 12.0. The normalized spacial score (nSPS) is 20.6. The Morgan fingerprint density at radius 2 is 1.90 bits per heavy atom. The van der Waals surface area contributed by atoms with Gasteiger partial charge in [0.25, 0.3) is 0 Å². The van der Waals surface area contributed by atoms with Gasteiger partial charge in [0.15, 0.2) is 5.96 Å². The van der Waals surface area contributed by atoms with E-state index < -0.39 is 0 Å². The van der Waals surface area contributed by atoms with E-state index in [1.54, 1.807) is 0 Å². The van der Waals surface area contributed by atoms with E-state index in [1.165, 1.54) is 63.4 Å². The Bertz CT molecular complexity index is 602. The van der Waals surface area contributed by atoms with Crippen molar-refractivity contribution in [2.75, 3.05) is 39.9 Å². The predicted octanol–water partition coefficient (Wildman–Crippen LogP) is 4.62. The van der Waals surface area contributed by atoms with Gasteiger partial charge in [-0.3, -0.25) is 4.99 Å². The lowest BCUT2D eigenvalue weighted by Gasteiger charge is -2.22. The van der Waals surface area contributed by atoms with Gasteiger partial charge in [-0.05, 0) is 44.1 Å². The molecule has 1 saturated carbocycles. The summed E-state index contributed by atoms with van der Waals surface area (Å²) < 4.78 is 12.0. The molecule has 1 unspecified atom stereocenters. The molecule has 0 spiro atoms. The molecular weight excluding hydrogens is 374 g/mol. The number of likely N-dealkylation sites (tertiary alicyclic amines) is 1. The smallest absolute Gasteiger partial charge is 0.193 e. The second kappa shape index (κ2) is 13.7. The van der Waals surface area contributed by atoms with E-state index in [1.807, 2.05) is 13.1 Å². The van der Waals surface area contributed by atoms with Crippen molar-refractivity contribution >= 4 is 5.96 Å². The Morgan fingerprint density at radius 1 is 1.07 bits per heavy atom. The van der Waals surface area contributed by atoms with Crippen LogP contribution in [-0.2, 0) is 16.1 Å². The van der Waals surface area contributed by atoms with Gasteiger partial charge in [-0.25, -0.2) is 0 Å². The molecule has 1 aromatic rings. The highest BCUT2D eigenvalue weighted by atomic mass is 16.5. The third-order valence-corrected chi connectivity index (χ3v) is 6.27. The molecular formula is C25H41N3O2. The lowest BCUT2D eigenvalue weighted by Crippen LogP contribution is -2.40. The first-order chi connectivity index (χ1) is 14.8. The monoisotopic (exact) mass is 415 g/mol. The zero-order valence-corrected chi connectivity index (χ0v) is 18.9. The van der Waals surface area contributed by atoms with Crippen LogP contribution in [0.3, 0.4) is 0 Å². The van der Waals surface area contributed by atoms with Crippen molar-refractivity contribution in [2.45, 2.75) is 70.5 Å². The van der Waals surface area contributed by atoms with Crippen LogP contribution in [0.25, 0.3) is 0 Å². The molecule has 168 valence electrons. The average Bonchev–Trinajstić information content (AvgIpc) is 3.26. The first kappa shape index (κ1) is 23.1. The molecule has 0 aromatic heterocycles. The van der Waals surface area contributed by atoms with Gasteiger partial charge in [0.2, 0.25) is 0 Å². The lowest BCUT2D eigenvalue weighted by atomic mass is 9.98. The molecule has 5 heteroatoms. The number of nitrogens with one attached hydrogen (secondary N) is 1. The van der Waals surface area contributed by atoms with Crippen molar-refractivity contribution < 1.29 is 9.47 Å². The van der Waals surface area contributed by atoms with E-state index in [0.717, 1.165) is 38.8 Å². The number of nitrogens with zero attached hydrogens (tertiary/aromatic N) is 2. The minimum atomic E-state index is 0.537. The third-order valence-electron chi connectivity index (χ3n) is 6.27. The van der Waals surface area contributed by atoms with Crippen molar-refractivity contribution in [3.63, 3.8) is 0 Å². The molecule has 1 saturated heterocycles. The summed E-state index contributed by atoms with van der Waals surface area (Å²) in [5, 5.41) is 3.55. The second-order valence-corrected chi connectivity index (χ2v) is 8.77. The van der Waals surface area contributed by atoms with Crippen LogP contribution in [0.1, 0.15) is 63.4 Å². The van der Waals surface area contributed by atoms with Crippen LogP contribution >= 0.6 is 0 Å². The van der Waals surface area contributed by atoms with Crippen LogP contribution in [0.2, 0.25) is 0 Å². The maximum absolute atomic E-state index is 6.02. The standard InChI is InChI=1S/C25H41N3O2/c1-26-25(27-16-9-4-10-18-30-24-13-7-3-8-14-24)28-17-15-23(19-28)21-29-20-22-11-5-2-6-12-22/h2,5-6,11-12,23-24H,3-4,7-10,13-21H2,1H3,(H,26,27). The van der Waals surface area contributed by atoms with Gasteiger partial charge in [0.1, 0.15) is 0 Å². The maximum Gasteiger partial charge on any atom is 0.193 e. The zero-order valence-electron chi connectivity index (χ0n) is 18.9. The van der Waals surface area contributed by atoms with Gasteiger partial charge in [-0.1, -0.05) is 49.6 Å². The van der Waals surface area contributed by atoms with Crippen LogP contribution in [0.15, 0.2) is 35.3 Å². The van der Waals surface area contributed by atoms with E-state index in [0.29, 0.717) is 18.6 Å². The lowest BCUT2D eigenvalue weighted by molar-refractivity contribution is 0.0264. The molecule has 0 amide bonds. The summed E-state index contributed by atoms with van der Waals surface area (Å²) in [6.07, 6.45) is 11.9. The Hall–Kier alpha value is -1.59. The van der Waals surface area contributed by atoms with Gasteiger partial charge < -0.3 is 19.7 Å². The summed E-state index contributed by atoms with van der Waals surface area (Å²) >= 11 is 0. The van der Waals surface area contributed by atoms with Gasteiger partial charge in [-0.2, -0.15) is 0 Å². The van der Waals surface area contributed by atoms with E-state index >= 15 is 0 Å². The summed E-state index contributed by atoms with van der Waals surface area (Å²) in [6, 6.07) is 10.4. The molecule has 1 N–H and O–H groups in total. The minimum absolute atomic E-state index is 0.537. The molecule has 30 heavy (non-hydrogen) atoms. The molecule has 2 aliphatic rings. The summed E-state index contributed by atoms with van der Waals surface area (Å²) in [5.74, 6) is 1.63. The number of guanidine groups is 1. The molecule has 1 atom stereocenters. The molecule has 3 rings (SSSR count).